The Balaban J connectivity index is 1.99. The summed E-state index contributed by atoms with van der Waals surface area (Å²) in [6.45, 7) is 5.13. The highest BCUT2D eigenvalue weighted by Gasteiger charge is 2.17. The van der Waals surface area contributed by atoms with Crippen LogP contribution in [0.2, 0.25) is 5.02 Å². The van der Waals surface area contributed by atoms with E-state index in [0.717, 1.165) is 24.4 Å². The molecule has 1 aromatic carbocycles. The molecular weight excluding hydrogens is 282 g/mol. The number of nitrogens with one attached hydrogen (secondary N) is 1. The van der Waals surface area contributed by atoms with E-state index in [0.29, 0.717) is 6.04 Å². The van der Waals surface area contributed by atoms with Gasteiger partial charge in [-0.15, -0.1) is 0 Å². The molecule has 1 heterocycles. The van der Waals surface area contributed by atoms with E-state index < -0.39 is 0 Å². The predicted octanol–water partition coefficient (Wildman–Crippen LogP) is 3.90. The van der Waals surface area contributed by atoms with Gasteiger partial charge in [0.25, 0.3) is 0 Å². The molecule has 0 aliphatic heterocycles. The summed E-state index contributed by atoms with van der Waals surface area (Å²) in [6.07, 6.45) is 6.71. The molecule has 0 amide bonds. The molecule has 4 heteroatoms. The van der Waals surface area contributed by atoms with Crippen LogP contribution in [0.25, 0.3) is 5.69 Å². The maximum absolute atomic E-state index is 6.18. The molecule has 1 aliphatic rings. The summed E-state index contributed by atoms with van der Waals surface area (Å²) in [5, 5.41) is 4.26. The van der Waals surface area contributed by atoms with Crippen LogP contribution in [0, 0.1) is 0 Å². The minimum atomic E-state index is 0.452. The Labute approximate surface area is 131 Å². The summed E-state index contributed by atoms with van der Waals surface area (Å²) in [4.78, 5) is 4.60. The fourth-order valence-electron chi connectivity index (χ4n) is 2.92. The lowest BCUT2D eigenvalue weighted by atomic mass is 10.0. The molecule has 0 saturated carbocycles. The molecule has 0 fully saturated rings. The number of halogens is 1. The van der Waals surface area contributed by atoms with Crippen molar-refractivity contribution < 1.29 is 0 Å². The average Bonchev–Trinajstić information content (AvgIpc) is 2.89. The molecule has 21 heavy (non-hydrogen) atoms. The highest BCUT2D eigenvalue weighted by Crippen LogP contribution is 2.26. The van der Waals surface area contributed by atoms with Crippen molar-refractivity contribution in [3.63, 3.8) is 0 Å². The second-order valence-corrected chi connectivity index (χ2v) is 6.46. The number of fused-ring (bicyclic) bond motifs is 1. The largest absolute Gasteiger partial charge is 0.310 e. The zero-order valence-electron chi connectivity index (χ0n) is 12.7. The van der Waals surface area contributed by atoms with E-state index in [2.05, 4.69) is 40.8 Å². The molecule has 3 rings (SSSR count). The molecule has 0 spiro atoms. The van der Waals surface area contributed by atoms with E-state index in [1.165, 1.54) is 35.5 Å². The van der Waals surface area contributed by atoms with Gasteiger partial charge < -0.3 is 9.88 Å². The Morgan fingerprint density at radius 3 is 2.90 bits per heavy atom. The van der Waals surface area contributed by atoms with Crippen molar-refractivity contribution in [3.8, 4) is 5.69 Å². The topological polar surface area (TPSA) is 29.9 Å². The van der Waals surface area contributed by atoms with Crippen LogP contribution < -0.4 is 5.32 Å². The van der Waals surface area contributed by atoms with Crippen LogP contribution in [0.1, 0.15) is 43.6 Å². The summed E-state index contributed by atoms with van der Waals surface area (Å²) in [7, 11) is 0. The third kappa shape index (κ3) is 3.14. The number of aromatic nitrogens is 2. The number of benzene rings is 1. The Bertz CT molecular complexity index is 631. The van der Waals surface area contributed by atoms with E-state index >= 15 is 0 Å². The van der Waals surface area contributed by atoms with Gasteiger partial charge in [-0.3, -0.25) is 0 Å². The van der Waals surface area contributed by atoms with E-state index in [4.69, 9.17) is 11.6 Å². The van der Waals surface area contributed by atoms with E-state index in [9.17, 15) is 0 Å². The molecule has 0 radical (unpaired) electrons. The molecule has 2 aromatic rings. The molecule has 1 aliphatic carbocycles. The highest BCUT2D eigenvalue weighted by atomic mass is 35.5. The second kappa shape index (κ2) is 6.20. The maximum atomic E-state index is 6.18. The van der Waals surface area contributed by atoms with Crippen LogP contribution in [0.3, 0.4) is 0 Å². The van der Waals surface area contributed by atoms with Crippen molar-refractivity contribution in [2.24, 2.45) is 0 Å². The van der Waals surface area contributed by atoms with Crippen LogP contribution in [-0.4, -0.2) is 15.6 Å². The maximum Gasteiger partial charge on any atom is 0.0997 e. The number of aryl methyl sites for hydroxylation is 1. The quantitative estimate of drug-likeness (QED) is 0.928. The minimum absolute atomic E-state index is 0.452. The standard InChI is InChI=1S/C17H22ClN3/c1-12(2)19-10-13-9-14(18)7-8-16(13)21-11-20-15-5-3-4-6-17(15)21/h7-9,11-12,19H,3-6,10H2,1-2H3. The van der Waals surface area contributed by atoms with Crippen LogP contribution in [0.4, 0.5) is 0 Å². The van der Waals surface area contributed by atoms with Crippen LogP contribution >= 0.6 is 11.6 Å². The normalized spacial score (nSPS) is 14.5. The van der Waals surface area contributed by atoms with Crippen molar-refractivity contribution in [1.82, 2.24) is 14.9 Å². The molecule has 1 aromatic heterocycles. The molecule has 0 bridgehead atoms. The first-order valence-electron chi connectivity index (χ1n) is 7.72. The third-order valence-corrected chi connectivity index (χ3v) is 4.27. The molecule has 0 unspecified atom stereocenters. The third-order valence-electron chi connectivity index (χ3n) is 4.03. The van der Waals surface area contributed by atoms with Gasteiger partial charge in [-0.25, -0.2) is 4.98 Å². The summed E-state index contributed by atoms with van der Waals surface area (Å²) < 4.78 is 2.25. The zero-order valence-corrected chi connectivity index (χ0v) is 13.5. The van der Waals surface area contributed by atoms with E-state index in [1.807, 2.05) is 12.4 Å². The number of hydrogen-bond acceptors (Lipinski definition) is 2. The number of hydrogen-bond donors (Lipinski definition) is 1. The Kier molecular flexibility index (Phi) is 4.32. The lowest BCUT2D eigenvalue weighted by Crippen LogP contribution is -2.23. The van der Waals surface area contributed by atoms with Gasteiger partial charge in [-0.05, 0) is 49.4 Å². The zero-order chi connectivity index (χ0) is 14.8. The smallest absolute Gasteiger partial charge is 0.0997 e. The number of nitrogens with zero attached hydrogens (tertiary/aromatic N) is 2. The first-order chi connectivity index (χ1) is 10.1. The van der Waals surface area contributed by atoms with E-state index in [-0.39, 0.29) is 0 Å². The van der Waals surface area contributed by atoms with Gasteiger partial charge >= 0.3 is 0 Å². The van der Waals surface area contributed by atoms with Crippen LogP contribution in [-0.2, 0) is 19.4 Å². The van der Waals surface area contributed by atoms with Crippen molar-refractivity contribution in [1.29, 1.82) is 0 Å². The summed E-state index contributed by atoms with van der Waals surface area (Å²) >= 11 is 6.18. The second-order valence-electron chi connectivity index (χ2n) is 6.02. The fourth-order valence-corrected chi connectivity index (χ4v) is 3.12. The summed E-state index contributed by atoms with van der Waals surface area (Å²) in [5.41, 5.74) is 5.05. The molecule has 0 atom stereocenters. The van der Waals surface area contributed by atoms with Gasteiger partial charge in [0, 0.05) is 23.3 Å². The molecule has 1 N–H and O–H groups in total. The van der Waals surface area contributed by atoms with Gasteiger partial charge in [0.2, 0.25) is 0 Å². The first kappa shape index (κ1) is 14.6. The van der Waals surface area contributed by atoms with Gasteiger partial charge in [-0.2, -0.15) is 0 Å². The monoisotopic (exact) mass is 303 g/mol. The van der Waals surface area contributed by atoms with Crippen LogP contribution in [0.5, 0.6) is 0 Å². The first-order valence-corrected chi connectivity index (χ1v) is 8.10. The average molecular weight is 304 g/mol. The van der Waals surface area contributed by atoms with Crippen molar-refractivity contribution in [2.75, 3.05) is 0 Å². The highest BCUT2D eigenvalue weighted by molar-refractivity contribution is 6.30. The lowest BCUT2D eigenvalue weighted by Gasteiger charge is -2.18. The number of rotatable bonds is 4. The Morgan fingerprint density at radius 1 is 1.29 bits per heavy atom. The summed E-state index contributed by atoms with van der Waals surface area (Å²) in [6, 6.07) is 6.58. The van der Waals surface area contributed by atoms with Crippen molar-refractivity contribution >= 4 is 11.6 Å². The summed E-state index contributed by atoms with van der Waals surface area (Å²) in [5.74, 6) is 0. The minimum Gasteiger partial charge on any atom is -0.310 e. The predicted molar refractivity (Wildman–Crippen MR) is 87.2 cm³/mol. The molecule has 3 nitrogen and oxygen atoms in total. The SMILES string of the molecule is CC(C)NCc1cc(Cl)ccc1-n1cnc2c1CCCC2. The molecule has 0 saturated heterocycles. The van der Waals surface area contributed by atoms with Gasteiger partial charge in [0.05, 0.1) is 17.7 Å². The van der Waals surface area contributed by atoms with Gasteiger partial charge in [0.15, 0.2) is 0 Å². The van der Waals surface area contributed by atoms with Crippen molar-refractivity contribution in [2.45, 2.75) is 52.1 Å². The fraction of sp³-hybridized carbons (Fsp3) is 0.471. The molecule has 112 valence electrons. The van der Waals surface area contributed by atoms with E-state index in [1.54, 1.807) is 0 Å². The number of imidazole rings is 1. The molecular formula is C17H22ClN3. The lowest BCUT2D eigenvalue weighted by molar-refractivity contribution is 0.586. The van der Waals surface area contributed by atoms with Crippen molar-refractivity contribution in [3.05, 3.63) is 46.5 Å². The van der Waals surface area contributed by atoms with Gasteiger partial charge in [-0.1, -0.05) is 25.4 Å². The Hall–Kier alpha value is -1.32. The van der Waals surface area contributed by atoms with Gasteiger partial charge in [0.1, 0.15) is 0 Å². The Morgan fingerprint density at radius 2 is 2.10 bits per heavy atom. The van der Waals surface area contributed by atoms with Crippen LogP contribution in [0.15, 0.2) is 24.5 Å².